The summed E-state index contributed by atoms with van der Waals surface area (Å²) in [5, 5.41) is 4.90. The van der Waals surface area contributed by atoms with Gasteiger partial charge in [0.05, 0.1) is 5.69 Å². The highest BCUT2D eigenvalue weighted by Gasteiger charge is 2.36. The van der Waals surface area contributed by atoms with Crippen molar-refractivity contribution < 1.29 is 23.9 Å². The van der Waals surface area contributed by atoms with E-state index in [1.807, 2.05) is 6.07 Å². The highest BCUT2D eigenvalue weighted by molar-refractivity contribution is 9.10. The first-order valence-corrected chi connectivity index (χ1v) is 11.0. The van der Waals surface area contributed by atoms with Gasteiger partial charge in [0.2, 0.25) is 0 Å². The fraction of sp³-hybridized carbons (Fsp3) is 0.0400. The number of imide groups is 2. The van der Waals surface area contributed by atoms with Gasteiger partial charge in [-0.2, -0.15) is 0 Å². The van der Waals surface area contributed by atoms with Gasteiger partial charge in [-0.15, -0.1) is 0 Å². The number of nitrogens with one attached hydrogen (secondary N) is 2. The number of halogens is 1. The fourth-order valence-electron chi connectivity index (χ4n) is 3.25. The Morgan fingerprint density at radius 1 is 0.971 bits per heavy atom. The van der Waals surface area contributed by atoms with Crippen molar-refractivity contribution in [3.05, 3.63) is 94.5 Å². The van der Waals surface area contributed by atoms with Crippen LogP contribution in [-0.2, 0) is 14.4 Å². The maximum atomic E-state index is 13.1. The van der Waals surface area contributed by atoms with Crippen molar-refractivity contribution in [1.82, 2.24) is 5.32 Å². The van der Waals surface area contributed by atoms with Crippen molar-refractivity contribution in [1.29, 1.82) is 0 Å². The highest BCUT2D eigenvalue weighted by atomic mass is 79.9. The Bertz CT molecular complexity index is 1290. The molecule has 3 aromatic carbocycles. The molecule has 0 aliphatic carbocycles. The molecule has 1 saturated heterocycles. The molecular weight excluding hydrogens is 502 g/mol. The number of benzene rings is 3. The molecule has 3 aromatic rings. The number of nitrogens with zero attached hydrogens (tertiary/aromatic N) is 1. The Balaban J connectivity index is 1.58. The zero-order valence-electron chi connectivity index (χ0n) is 17.7. The average molecular weight is 520 g/mol. The standard InChI is InChI=1S/C25H18BrN3O5/c26-17-11-12-21(34-15-22(30)27-18-7-3-1-4-8-18)16(13-17)14-20-23(31)28-25(33)29(24(20)32)19-9-5-2-6-10-19/h1-14H,15H2,(H,27,30)(H,28,31,33)/b20-14+. The zero-order valence-corrected chi connectivity index (χ0v) is 19.2. The van der Waals surface area contributed by atoms with E-state index in [9.17, 15) is 19.2 Å². The van der Waals surface area contributed by atoms with Crippen LogP contribution in [0.5, 0.6) is 5.75 Å². The van der Waals surface area contributed by atoms with E-state index in [2.05, 4.69) is 26.6 Å². The van der Waals surface area contributed by atoms with Gasteiger partial charge in [-0.25, -0.2) is 9.69 Å². The topological polar surface area (TPSA) is 105 Å². The van der Waals surface area contributed by atoms with E-state index >= 15 is 0 Å². The number of urea groups is 1. The van der Waals surface area contributed by atoms with E-state index < -0.39 is 17.8 Å². The summed E-state index contributed by atoms with van der Waals surface area (Å²) in [6.45, 7) is -0.290. The average Bonchev–Trinajstić information content (AvgIpc) is 2.82. The van der Waals surface area contributed by atoms with Crippen LogP contribution in [0.2, 0.25) is 0 Å². The molecule has 0 atom stereocenters. The van der Waals surface area contributed by atoms with Gasteiger partial charge in [0.1, 0.15) is 11.3 Å². The molecule has 2 N–H and O–H groups in total. The lowest BCUT2D eigenvalue weighted by molar-refractivity contribution is -0.122. The van der Waals surface area contributed by atoms with Gasteiger partial charge in [0, 0.05) is 15.7 Å². The summed E-state index contributed by atoms with van der Waals surface area (Å²) in [5.41, 5.74) is 1.08. The number of carbonyl (C=O) groups is 4. The first-order valence-electron chi connectivity index (χ1n) is 10.2. The van der Waals surface area contributed by atoms with Crippen molar-refractivity contribution in [2.24, 2.45) is 0 Å². The molecule has 0 unspecified atom stereocenters. The van der Waals surface area contributed by atoms with Crippen LogP contribution in [0.3, 0.4) is 0 Å². The molecule has 0 radical (unpaired) electrons. The van der Waals surface area contributed by atoms with Crippen LogP contribution in [0.15, 0.2) is 88.9 Å². The number of ether oxygens (including phenoxy) is 1. The van der Waals surface area contributed by atoms with Crippen LogP contribution in [0.25, 0.3) is 6.08 Å². The molecule has 1 aliphatic rings. The molecule has 9 heteroatoms. The SMILES string of the molecule is O=C(COc1ccc(Br)cc1/C=C1\C(=O)NC(=O)N(c2ccccc2)C1=O)Nc1ccccc1. The minimum Gasteiger partial charge on any atom is -0.483 e. The molecule has 0 spiro atoms. The lowest BCUT2D eigenvalue weighted by atomic mass is 10.1. The van der Waals surface area contributed by atoms with Crippen LogP contribution < -0.4 is 20.3 Å². The van der Waals surface area contributed by atoms with E-state index in [0.717, 1.165) is 4.90 Å². The Hall–Kier alpha value is -4.24. The van der Waals surface area contributed by atoms with E-state index in [4.69, 9.17) is 4.74 Å². The molecule has 0 aromatic heterocycles. The monoisotopic (exact) mass is 519 g/mol. The van der Waals surface area contributed by atoms with Gasteiger partial charge in [0.25, 0.3) is 17.7 Å². The summed E-state index contributed by atoms with van der Waals surface area (Å²) in [5.74, 6) is -1.69. The minimum atomic E-state index is -0.832. The number of carbonyl (C=O) groups excluding carboxylic acids is 4. The number of rotatable bonds is 6. The molecule has 170 valence electrons. The Kier molecular flexibility index (Phi) is 6.84. The molecule has 34 heavy (non-hydrogen) atoms. The van der Waals surface area contributed by atoms with Crippen molar-refractivity contribution in [2.45, 2.75) is 0 Å². The van der Waals surface area contributed by atoms with Gasteiger partial charge in [-0.05, 0) is 48.5 Å². The predicted octanol–water partition coefficient (Wildman–Crippen LogP) is 4.13. The van der Waals surface area contributed by atoms with E-state index in [-0.39, 0.29) is 23.8 Å². The first kappa shape index (κ1) is 22.9. The number of para-hydroxylation sites is 2. The third kappa shape index (κ3) is 5.21. The summed E-state index contributed by atoms with van der Waals surface area (Å²) in [7, 11) is 0. The second-order valence-electron chi connectivity index (χ2n) is 7.18. The summed E-state index contributed by atoms with van der Waals surface area (Å²) in [6, 6.07) is 21.3. The van der Waals surface area contributed by atoms with Gasteiger partial charge in [0.15, 0.2) is 6.61 Å². The van der Waals surface area contributed by atoms with Gasteiger partial charge >= 0.3 is 6.03 Å². The second-order valence-corrected chi connectivity index (χ2v) is 8.09. The highest BCUT2D eigenvalue weighted by Crippen LogP contribution is 2.28. The fourth-order valence-corrected chi connectivity index (χ4v) is 3.63. The molecule has 8 nitrogen and oxygen atoms in total. The predicted molar refractivity (Wildman–Crippen MR) is 130 cm³/mol. The van der Waals surface area contributed by atoms with E-state index in [0.29, 0.717) is 21.4 Å². The molecule has 0 saturated carbocycles. The maximum Gasteiger partial charge on any atom is 0.335 e. The van der Waals surface area contributed by atoms with Crippen molar-refractivity contribution in [2.75, 3.05) is 16.8 Å². The zero-order chi connectivity index (χ0) is 24.1. The van der Waals surface area contributed by atoms with Gasteiger partial charge in [-0.1, -0.05) is 52.3 Å². The number of anilines is 2. The third-order valence-electron chi connectivity index (χ3n) is 4.80. The first-order chi connectivity index (χ1) is 16.4. The Morgan fingerprint density at radius 2 is 1.65 bits per heavy atom. The number of amides is 5. The third-order valence-corrected chi connectivity index (χ3v) is 5.30. The Morgan fingerprint density at radius 3 is 2.35 bits per heavy atom. The molecule has 1 heterocycles. The van der Waals surface area contributed by atoms with Gasteiger partial charge < -0.3 is 10.1 Å². The van der Waals surface area contributed by atoms with E-state index in [1.165, 1.54) is 6.08 Å². The van der Waals surface area contributed by atoms with Crippen molar-refractivity contribution >= 4 is 57.1 Å². The summed E-state index contributed by atoms with van der Waals surface area (Å²) in [4.78, 5) is 51.1. The summed E-state index contributed by atoms with van der Waals surface area (Å²) < 4.78 is 6.34. The van der Waals surface area contributed by atoms with Crippen LogP contribution in [0.4, 0.5) is 16.2 Å². The quantitative estimate of drug-likeness (QED) is 0.376. The van der Waals surface area contributed by atoms with Gasteiger partial charge in [-0.3, -0.25) is 19.7 Å². The molecule has 1 aliphatic heterocycles. The minimum absolute atomic E-state index is 0.250. The van der Waals surface area contributed by atoms with Crippen LogP contribution >= 0.6 is 15.9 Å². The van der Waals surface area contributed by atoms with E-state index in [1.54, 1.807) is 72.8 Å². The largest absolute Gasteiger partial charge is 0.483 e. The Labute approximate surface area is 203 Å². The molecule has 0 bridgehead atoms. The number of hydrogen-bond donors (Lipinski definition) is 2. The summed E-state index contributed by atoms with van der Waals surface area (Å²) >= 11 is 3.36. The number of hydrogen-bond acceptors (Lipinski definition) is 5. The molecule has 5 amide bonds. The van der Waals surface area contributed by atoms with Crippen molar-refractivity contribution in [3.8, 4) is 5.75 Å². The molecular formula is C25H18BrN3O5. The lowest BCUT2D eigenvalue weighted by Gasteiger charge is -2.26. The molecule has 1 fully saturated rings. The number of barbiturate groups is 1. The smallest absolute Gasteiger partial charge is 0.335 e. The van der Waals surface area contributed by atoms with Crippen LogP contribution in [0.1, 0.15) is 5.56 Å². The van der Waals surface area contributed by atoms with Crippen LogP contribution in [0, 0.1) is 0 Å². The maximum absolute atomic E-state index is 13.1. The second kappa shape index (κ2) is 10.1. The summed E-state index contributed by atoms with van der Waals surface area (Å²) in [6.07, 6.45) is 1.33. The molecule has 4 rings (SSSR count). The lowest BCUT2D eigenvalue weighted by Crippen LogP contribution is -2.54. The van der Waals surface area contributed by atoms with Crippen molar-refractivity contribution in [3.63, 3.8) is 0 Å². The van der Waals surface area contributed by atoms with Crippen LogP contribution in [-0.4, -0.2) is 30.4 Å². The normalized spacial score (nSPS) is 14.7.